The van der Waals surface area contributed by atoms with Gasteiger partial charge < -0.3 is 0 Å². The molecule has 18 heavy (non-hydrogen) atoms. The largest absolute Gasteiger partial charge is 0.295 e. The predicted molar refractivity (Wildman–Crippen MR) is 77.2 cm³/mol. The van der Waals surface area contributed by atoms with Gasteiger partial charge in [-0.3, -0.25) is 4.79 Å². The van der Waals surface area contributed by atoms with E-state index in [0.717, 1.165) is 12.0 Å². The molecular weight excluding hydrogens is 220 g/mol. The molecule has 0 radical (unpaired) electrons. The lowest BCUT2D eigenvalue weighted by atomic mass is 9.97. The van der Waals surface area contributed by atoms with E-state index in [2.05, 4.69) is 31.2 Å². The number of rotatable bonds is 5. The highest BCUT2D eigenvalue weighted by Crippen LogP contribution is 2.22. The molecule has 0 spiro atoms. The van der Waals surface area contributed by atoms with Crippen LogP contribution < -0.4 is 0 Å². The molecule has 2 aromatic carbocycles. The van der Waals surface area contributed by atoms with Crippen LogP contribution in [0.4, 0.5) is 0 Å². The second-order valence-corrected chi connectivity index (χ2v) is 4.87. The Kier molecular flexibility index (Phi) is 4.14. The molecule has 0 unspecified atom stereocenters. The number of carbonyl (C=O) groups is 1. The minimum absolute atomic E-state index is 0.139. The third-order valence-electron chi connectivity index (χ3n) is 3.43. The number of Topliss-reactive ketones (excluding diaryl/α,β-unsaturated/α-hetero) is 1. The summed E-state index contributed by atoms with van der Waals surface area (Å²) >= 11 is 0. The lowest BCUT2D eigenvalue weighted by Crippen LogP contribution is -1.93. The standard InChI is InChI=1S/C17H20O/c1-3-4-5-7-14-8-6-9-15-10-11-16(13(2)18)12-17(14)15/h6,8-12H,3-5,7H2,1-2H3. The maximum atomic E-state index is 11.5. The van der Waals surface area contributed by atoms with Crippen molar-refractivity contribution < 1.29 is 4.79 Å². The van der Waals surface area contributed by atoms with Gasteiger partial charge >= 0.3 is 0 Å². The van der Waals surface area contributed by atoms with Crippen molar-refractivity contribution in [3.63, 3.8) is 0 Å². The summed E-state index contributed by atoms with van der Waals surface area (Å²) in [5.41, 5.74) is 2.18. The van der Waals surface area contributed by atoms with Gasteiger partial charge in [0.05, 0.1) is 0 Å². The molecule has 2 aromatic rings. The predicted octanol–water partition coefficient (Wildman–Crippen LogP) is 4.78. The van der Waals surface area contributed by atoms with Crippen LogP contribution >= 0.6 is 0 Å². The Bertz CT molecular complexity index is 555. The number of hydrogen-bond donors (Lipinski definition) is 0. The molecule has 0 aromatic heterocycles. The van der Waals surface area contributed by atoms with Crippen molar-refractivity contribution in [1.29, 1.82) is 0 Å². The summed E-state index contributed by atoms with van der Waals surface area (Å²) in [6.45, 7) is 3.85. The van der Waals surface area contributed by atoms with Crippen molar-refractivity contribution in [2.24, 2.45) is 0 Å². The van der Waals surface area contributed by atoms with Gasteiger partial charge in [-0.05, 0) is 42.2 Å². The van der Waals surface area contributed by atoms with Crippen LogP contribution in [0.3, 0.4) is 0 Å². The average molecular weight is 240 g/mol. The monoisotopic (exact) mass is 240 g/mol. The zero-order valence-electron chi connectivity index (χ0n) is 11.2. The molecule has 0 N–H and O–H groups in total. The fraction of sp³-hybridized carbons (Fsp3) is 0.353. The van der Waals surface area contributed by atoms with E-state index in [0.29, 0.717) is 0 Å². The Morgan fingerprint density at radius 3 is 2.67 bits per heavy atom. The highest BCUT2D eigenvalue weighted by atomic mass is 16.1. The quantitative estimate of drug-likeness (QED) is 0.543. The van der Waals surface area contributed by atoms with Crippen molar-refractivity contribution in [3.05, 3.63) is 47.5 Å². The average Bonchev–Trinajstić information content (AvgIpc) is 2.38. The van der Waals surface area contributed by atoms with E-state index in [1.54, 1.807) is 6.92 Å². The van der Waals surface area contributed by atoms with Crippen LogP contribution in [0.5, 0.6) is 0 Å². The number of unbranched alkanes of at least 4 members (excludes halogenated alkanes) is 2. The van der Waals surface area contributed by atoms with Gasteiger partial charge in [-0.25, -0.2) is 0 Å². The Labute approximate surface area is 109 Å². The molecule has 0 saturated heterocycles. The van der Waals surface area contributed by atoms with Crippen LogP contribution in [0.25, 0.3) is 10.8 Å². The molecule has 0 bridgehead atoms. The number of hydrogen-bond acceptors (Lipinski definition) is 1. The molecule has 2 rings (SSSR count). The van der Waals surface area contributed by atoms with E-state index in [1.807, 2.05) is 12.1 Å². The summed E-state index contributed by atoms with van der Waals surface area (Å²) in [6.07, 6.45) is 4.83. The van der Waals surface area contributed by atoms with Crippen LogP contribution in [0.15, 0.2) is 36.4 Å². The molecule has 0 saturated carbocycles. The van der Waals surface area contributed by atoms with Crippen LogP contribution in [-0.2, 0) is 6.42 Å². The third-order valence-corrected chi connectivity index (χ3v) is 3.43. The Morgan fingerprint density at radius 2 is 1.94 bits per heavy atom. The molecule has 0 aliphatic carbocycles. The Hall–Kier alpha value is -1.63. The number of fused-ring (bicyclic) bond motifs is 1. The van der Waals surface area contributed by atoms with Gasteiger partial charge in [0, 0.05) is 5.56 Å². The maximum absolute atomic E-state index is 11.5. The maximum Gasteiger partial charge on any atom is 0.159 e. The summed E-state index contributed by atoms with van der Waals surface area (Å²) < 4.78 is 0. The number of benzene rings is 2. The fourth-order valence-electron chi connectivity index (χ4n) is 2.34. The van der Waals surface area contributed by atoms with Crippen LogP contribution in [0.1, 0.15) is 49.0 Å². The highest BCUT2D eigenvalue weighted by molar-refractivity contribution is 5.99. The van der Waals surface area contributed by atoms with Gasteiger partial charge in [0.1, 0.15) is 0 Å². The number of aryl methyl sites for hydroxylation is 1. The van der Waals surface area contributed by atoms with Gasteiger partial charge in [0.2, 0.25) is 0 Å². The first-order chi connectivity index (χ1) is 8.72. The fourth-order valence-corrected chi connectivity index (χ4v) is 2.34. The molecule has 0 fully saturated rings. The van der Waals surface area contributed by atoms with E-state index < -0.39 is 0 Å². The zero-order valence-corrected chi connectivity index (χ0v) is 11.2. The highest BCUT2D eigenvalue weighted by Gasteiger charge is 2.04. The Balaban J connectivity index is 2.39. The number of carbonyl (C=O) groups excluding carboxylic acids is 1. The van der Waals surface area contributed by atoms with Crippen molar-refractivity contribution in [1.82, 2.24) is 0 Å². The van der Waals surface area contributed by atoms with Gasteiger partial charge in [0.25, 0.3) is 0 Å². The molecule has 0 amide bonds. The van der Waals surface area contributed by atoms with E-state index in [9.17, 15) is 4.79 Å². The van der Waals surface area contributed by atoms with Gasteiger partial charge in [0.15, 0.2) is 5.78 Å². The molecular formula is C17H20O. The lowest BCUT2D eigenvalue weighted by Gasteiger charge is -2.07. The van der Waals surface area contributed by atoms with E-state index in [-0.39, 0.29) is 5.78 Å². The smallest absolute Gasteiger partial charge is 0.159 e. The molecule has 0 aliphatic rings. The minimum atomic E-state index is 0.139. The first-order valence-corrected chi connectivity index (χ1v) is 6.75. The Morgan fingerprint density at radius 1 is 1.11 bits per heavy atom. The molecule has 0 heterocycles. The summed E-state index contributed by atoms with van der Waals surface area (Å²) in [5.74, 6) is 0.139. The van der Waals surface area contributed by atoms with E-state index in [1.165, 1.54) is 35.6 Å². The number of ketones is 1. The van der Waals surface area contributed by atoms with Gasteiger partial charge in [-0.1, -0.05) is 50.1 Å². The SMILES string of the molecule is CCCCCc1cccc2ccc(C(C)=O)cc12. The van der Waals surface area contributed by atoms with Crippen molar-refractivity contribution in [2.45, 2.75) is 39.5 Å². The summed E-state index contributed by atoms with van der Waals surface area (Å²) in [6, 6.07) is 12.4. The first kappa shape index (κ1) is 12.8. The molecule has 0 atom stereocenters. The molecule has 1 nitrogen and oxygen atoms in total. The summed E-state index contributed by atoms with van der Waals surface area (Å²) in [5, 5.41) is 2.47. The molecule has 94 valence electrons. The van der Waals surface area contributed by atoms with E-state index >= 15 is 0 Å². The minimum Gasteiger partial charge on any atom is -0.295 e. The van der Waals surface area contributed by atoms with Crippen molar-refractivity contribution >= 4 is 16.6 Å². The second kappa shape index (κ2) is 5.81. The van der Waals surface area contributed by atoms with Crippen molar-refractivity contribution in [2.75, 3.05) is 0 Å². The molecule has 1 heteroatoms. The van der Waals surface area contributed by atoms with Gasteiger partial charge in [-0.15, -0.1) is 0 Å². The summed E-state index contributed by atoms with van der Waals surface area (Å²) in [7, 11) is 0. The van der Waals surface area contributed by atoms with Crippen LogP contribution in [0, 0.1) is 0 Å². The van der Waals surface area contributed by atoms with Crippen LogP contribution in [-0.4, -0.2) is 5.78 Å². The van der Waals surface area contributed by atoms with E-state index in [4.69, 9.17) is 0 Å². The summed E-state index contributed by atoms with van der Waals surface area (Å²) in [4.78, 5) is 11.5. The van der Waals surface area contributed by atoms with Crippen molar-refractivity contribution in [3.8, 4) is 0 Å². The second-order valence-electron chi connectivity index (χ2n) is 4.87. The molecule has 0 aliphatic heterocycles. The van der Waals surface area contributed by atoms with Crippen LogP contribution in [0.2, 0.25) is 0 Å². The van der Waals surface area contributed by atoms with Gasteiger partial charge in [-0.2, -0.15) is 0 Å². The first-order valence-electron chi connectivity index (χ1n) is 6.75. The zero-order chi connectivity index (χ0) is 13.0. The topological polar surface area (TPSA) is 17.1 Å². The third kappa shape index (κ3) is 2.79. The normalized spacial score (nSPS) is 10.8. The lowest BCUT2D eigenvalue weighted by molar-refractivity contribution is 0.101.